The molecule has 0 fully saturated rings. The number of carbonyl (C=O) groups excluding carboxylic acids is 1. The van der Waals surface area contributed by atoms with Crippen molar-refractivity contribution >= 4 is 13.7 Å². The van der Waals surface area contributed by atoms with Crippen molar-refractivity contribution in [1.29, 1.82) is 0 Å². The fourth-order valence-electron chi connectivity index (χ4n) is 6.75. The summed E-state index contributed by atoms with van der Waals surface area (Å²) >= 11 is 0. The molecule has 0 saturated carbocycles. The number of nitrogens with one attached hydrogen (secondary N) is 1. The highest BCUT2D eigenvalue weighted by Crippen LogP contribution is 2.43. The van der Waals surface area contributed by atoms with E-state index in [1.807, 2.05) is 21.1 Å². The summed E-state index contributed by atoms with van der Waals surface area (Å²) in [6, 6.07) is -0.752. The molecule has 0 heterocycles. The number of rotatable bonds is 41. The van der Waals surface area contributed by atoms with Gasteiger partial charge in [-0.3, -0.25) is 13.8 Å². The predicted octanol–water partition coefficient (Wildman–Crippen LogP) is 12.2. The molecule has 3 atom stereocenters. The zero-order valence-electron chi connectivity index (χ0n) is 35.3. The first-order valence-corrected chi connectivity index (χ1v) is 23.9. The van der Waals surface area contributed by atoms with Crippen molar-refractivity contribution < 1.29 is 32.9 Å². The highest BCUT2D eigenvalue weighted by atomic mass is 31.2. The van der Waals surface area contributed by atoms with E-state index in [1.165, 1.54) is 154 Å². The lowest BCUT2D eigenvalue weighted by molar-refractivity contribution is -0.870. The number of amides is 1. The predicted molar refractivity (Wildman–Crippen MR) is 222 cm³/mol. The van der Waals surface area contributed by atoms with Crippen LogP contribution in [0.25, 0.3) is 0 Å². The van der Waals surface area contributed by atoms with Crippen LogP contribution in [0.4, 0.5) is 0 Å². The number of hydrogen-bond donors (Lipinski definition) is 3. The molecule has 312 valence electrons. The molecule has 0 aromatic rings. The standard InChI is InChI=1S/C43H89N2O6P/c1-6-8-10-12-14-16-18-20-21-22-23-25-27-29-31-33-35-37-43(47)44-41(40-51-52(48,49)50-39-38-45(3,4)5)42(46)36-34-32-30-28-26-24-19-17-15-13-11-9-7-2/h41-42,46H,6-40H2,1-5H3,(H-,44,47,48,49)/p+1/t41-,42+/m0/s1. The van der Waals surface area contributed by atoms with Crippen molar-refractivity contribution in [3.05, 3.63) is 0 Å². The lowest BCUT2D eigenvalue weighted by Crippen LogP contribution is -2.46. The van der Waals surface area contributed by atoms with E-state index >= 15 is 0 Å². The van der Waals surface area contributed by atoms with Gasteiger partial charge in [0.2, 0.25) is 5.91 Å². The molecule has 0 rings (SSSR count). The highest BCUT2D eigenvalue weighted by molar-refractivity contribution is 7.47. The fraction of sp³-hybridized carbons (Fsp3) is 0.977. The second-order valence-electron chi connectivity index (χ2n) is 16.8. The Bertz CT molecular complexity index is 824. The quantitative estimate of drug-likeness (QED) is 0.0325. The molecule has 0 aliphatic rings. The minimum atomic E-state index is -4.30. The summed E-state index contributed by atoms with van der Waals surface area (Å²) in [5.41, 5.74) is 0. The molecule has 0 aliphatic carbocycles. The van der Waals surface area contributed by atoms with Crippen molar-refractivity contribution in [3.8, 4) is 0 Å². The van der Waals surface area contributed by atoms with Crippen LogP contribution in [-0.4, -0.2) is 73.4 Å². The summed E-state index contributed by atoms with van der Waals surface area (Å²) in [5, 5.41) is 13.9. The number of nitrogens with zero attached hydrogens (tertiary/aromatic N) is 1. The average Bonchev–Trinajstić information content (AvgIpc) is 3.09. The van der Waals surface area contributed by atoms with Crippen molar-refractivity contribution in [1.82, 2.24) is 5.32 Å². The van der Waals surface area contributed by atoms with Crippen molar-refractivity contribution in [2.75, 3.05) is 40.9 Å². The largest absolute Gasteiger partial charge is 0.472 e. The third-order valence-electron chi connectivity index (χ3n) is 10.4. The van der Waals surface area contributed by atoms with Gasteiger partial charge in [0.25, 0.3) is 0 Å². The number of aliphatic hydroxyl groups excluding tert-OH is 1. The van der Waals surface area contributed by atoms with E-state index in [-0.39, 0.29) is 19.1 Å². The van der Waals surface area contributed by atoms with Crippen LogP contribution in [0.2, 0.25) is 0 Å². The molecule has 9 heteroatoms. The summed E-state index contributed by atoms with van der Waals surface area (Å²) in [4.78, 5) is 23.1. The van der Waals surface area contributed by atoms with Crippen molar-refractivity contribution in [2.45, 2.75) is 231 Å². The number of phosphoric acid groups is 1. The second-order valence-corrected chi connectivity index (χ2v) is 18.2. The normalized spacial score (nSPS) is 14.4. The third-order valence-corrected chi connectivity index (χ3v) is 11.3. The molecule has 0 radical (unpaired) electrons. The number of quaternary nitrogens is 1. The van der Waals surface area contributed by atoms with Crippen LogP contribution < -0.4 is 5.32 Å². The van der Waals surface area contributed by atoms with Crippen LogP contribution in [0.1, 0.15) is 219 Å². The molecule has 0 aliphatic heterocycles. The molecule has 0 bridgehead atoms. The number of aliphatic hydroxyl groups is 1. The van der Waals surface area contributed by atoms with E-state index in [0.717, 1.165) is 38.5 Å². The zero-order chi connectivity index (χ0) is 38.6. The van der Waals surface area contributed by atoms with Crippen molar-refractivity contribution in [2.24, 2.45) is 0 Å². The minimum absolute atomic E-state index is 0.0785. The SMILES string of the molecule is CCCCCCCCCCCCCCCCCCCC(=O)N[C@@H](COP(=O)(O)OCC[N+](C)(C)C)[C@H](O)CCCCCCCCCCCCCCC. The number of phosphoric ester groups is 1. The lowest BCUT2D eigenvalue weighted by atomic mass is 10.0. The minimum Gasteiger partial charge on any atom is -0.391 e. The number of carbonyl (C=O) groups is 1. The topological polar surface area (TPSA) is 105 Å². The molecule has 0 saturated heterocycles. The van der Waals surface area contributed by atoms with Crippen LogP contribution in [0.5, 0.6) is 0 Å². The van der Waals surface area contributed by atoms with Gasteiger partial charge in [0, 0.05) is 6.42 Å². The zero-order valence-corrected chi connectivity index (χ0v) is 36.2. The van der Waals surface area contributed by atoms with Gasteiger partial charge >= 0.3 is 7.82 Å². The first kappa shape index (κ1) is 51.5. The molecule has 3 N–H and O–H groups in total. The van der Waals surface area contributed by atoms with E-state index in [4.69, 9.17) is 9.05 Å². The van der Waals surface area contributed by atoms with Crippen LogP contribution in [0.3, 0.4) is 0 Å². The van der Waals surface area contributed by atoms with Crippen molar-refractivity contribution in [3.63, 3.8) is 0 Å². The van der Waals surface area contributed by atoms with Gasteiger partial charge in [0.05, 0.1) is 39.9 Å². The smallest absolute Gasteiger partial charge is 0.391 e. The maximum absolute atomic E-state index is 12.9. The molecule has 0 aromatic carbocycles. The van der Waals surface area contributed by atoms with Crippen LogP contribution >= 0.6 is 7.82 Å². The number of likely N-dealkylation sites (N-methyl/N-ethyl adjacent to an activating group) is 1. The maximum Gasteiger partial charge on any atom is 0.472 e. The fourth-order valence-corrected chi connectivity index (χ4v) is 7.49. The van der Waals surface area contributed by atoms with Crippen LogP contribution in [0, 0.1) is 0 Å². The Hall–Kier alpha value is -0.500. The van der Waals surface area contributed by atoms with Gasteiger partial charge in [0.15, 0.2) is 0 Å². The van der Waals surface area contributed by atoms with Gasteiger partial charge in [0.1, 0.15) is 13.2 Å². The van der Waals surface area contributed by atoms with Crippen LogP contribution in [-0.2, 0) is 18.4 Å². The van der Waals surface area contributed by atoms with E-state index in [9.17, 15) is 19.4 Å². The monoisotopic (exact) mass is 762 g/mol. The third kappa shape index (κ3) is 37.8. The summed E-state index contributed by atoms with van der Waals surface area (Å²) in [6.07, 6.45) is 38.3. The Morgan fingerprint density at radius 1 is 0.577 bits per heavy atom. The van der Waals surface area contributed by atoms with Gasteiger partial charge < -0.3 is 19.8 Å². The van der Waals surface area contributed by atoms with Gasteiger partial charge in [-0.15, -0.1) is 0 Å². The molecule has 8 nitrogen and oxygen atoms in total. The number of unbranched alkanes of at least 4 members (excludes halogenated alkanes) is 28. The molecular weight excluding hydrogens is 671 g/mol. The van der Waals surface area contributed by atoms with E-state index < -0.39 is 20.0 Å². The number of hydrogen-bond acceptors (Lipinski definition) is 5. The molecule has 0 spiro atoms. The van der Waals surface area contributed by atoms with E-state index in [1.54, 1.807) is 0 Å². The Kier molecular flexibility index (Phi) is 35.8. The second kappa shape index (κ2) is 36.2. The van der Waals surface area contributed by atoms with Gasteiger partial charge in [-0.2, -0.15) is 0 Å². The Labute approximate surface area is 323 Å². The van der Waals surface area contributed by atoms with Gasteiger partial charge in [-0.25, -0.2) is 4.57 Å². The first-order chi connectivity index (χ1) is 25.0. The molecular formula is C43H90N2O6P+. The Morgan fingerprint density at radius 2 is 0.923 bits per heavy atom. The average molecular weight is 762 g/mol. The summed E-state index contributed by atoms with van der Waals surface area (Å²) in [6.45, 7) is 4.90. The maximum atomic E-state index is 12.9. The molecule has 52 heavy (non-hydrogen) atoms. The molecule has 1 unspecified atom stereocenters. The van der Waals surface area contributed by atoms with Gasteiger partial charge in [-0.1, -0.05) is 200 Å². The molecule has 0 aromatic heterocycles. The van der Waals surface area contributed by atoms with E-state index in [2.05, 4.69) is 19.2 Å². The first-order valence-electron chi connectivity index (χ1n) is 22.4. The van der Waals surface area contributed by atoms with Crippen LogP contribution in [0.15, 0.2) is 0 Å². The van der Waals surface area contributed by atoms with Gasteiger partial charge in [-0.05, 0) is 12.8 Å². The lowest BCUT2D eigenvalue weighted by Gasteiger charge is -2.26. The summed E-state index contributed by atoms with van der Waals surface area (Å²) < 4.78 is 23.6. The Balaban J connectivity index is 4.31. The highest BCUT2D eigenvalue weighted by Gasteiger charge is 2.28. The van der Waals surface area contributed by atoms with E-state index in [0.29, 0.717) is 23.9 Å². The summed E-state index contributed by atoms with van der Waals surface area (Å²) in [7, 11) is 1.63. The Morgan fingerprint density at radius 3 is 1.29 bits per heavy atom. The summed E-state index contributed by atoms with van der Waals surface area (Å²) in [5.74, 6) is -0.141. The molecule has 1 amide bonds.